The molecule has 0 fully saturated rings. The van der Waals surface area contributed by atoms with E-state index in [0.717, 1.165) is 16.6 Å². The zero-order valence-electron chi connectivity index (χ0n) is 14.6. The maximum atomic E-state index is 12.4. The Bertz CT molecular complexity index is 1320. The van der Waals surface area contributed by atoms with E-state index in [4.69, 9.17) is 17.0 Å². The molecule has 2 heterocycles. The number of hydrogen-bond acceptors (Lipinski definition) is 6. The number of aromatic hydroxyl groups is 2. The van der Waals surface area contributed by atoms with E-state index in [9.17, 15) is 15.0 Å². The van der Waals surface area contributed by atoms with Crippen LogP contribution >= 0.6 is 23.6 Å². The Labute approximate surface area is 168 Å². The number of ether oxygens (including phenoxy) is 1. The minimum Gasteiger partial charge on any atom is -0.508 e. The summed E-state index contributed by atoms with van der Waals surface area (Å²) in [6.45, 7) is 0. The van der Waals surface area contributed by atoms with Gasteiger partial charge in [0, 0.05) is 22.9 Å². The zero-order chi connectivity index (χ0) is 19.8. The van der Waals surface area contributed by atoms with Crippen LogP contribution in [0.4, 0.5) is 0 Å². The summed E-state index contributed by atoms with van der Waals surface area (Å²) in [5, 5.41) is 21.6. The molecule has 2 N–H and O–H groups in total. The van der Waals surface area contributed by atoms with E-state index in [-0.39, 0.29) is 11.6 Å². The number of carbonyl (C=O) groups is 1. The van der Waals surface area contributed by atoms with Crippen LogP contribution in [-0.2, 0) is 4.79 Å². The maximum absolute atomic E-state index is 12.4. The Morgan fingerprint density at radius 2 is 2.04 bits per heavy atom. The van der Waals surface area contributed by atoms with Crippen molar-refractivity contribution in [3.63, 3.8) is 0 Å². The number of phenolic OH excluding ortho intramolecular Hbond substituents is 1. The molecule has 2 aromatic carbocycles. The maximum Gasteiger partial charge on any atom is 0.277 e. The second-order valence-electron chi connectivity index (χ2n) is 6.00. The highest BCUT2D eigenvalue weighted by Gasteiger charge is 2.16. The van der Waals surface area contributed by atoms with E-state index < -0.39 is 5.91 Å². The van der Waals surface area contributed by atoms with Crippen LogP contribution in [0.5, 0.6) is 17.4 Å². The number of rotatable bonds is 3. The van der Waals surface area contributed by atoms with Gasteiger partial charge in [-0.15, -0.1) is 11.3 Å². The summed E-state index contributed by atoms with van der Waals surface area (Å²) >= 11 is 6.51. The third-order valence-corrected chi connectivity index (χ3v) is 5.51. The summed E-state index contributed by atoms with van der Waals surface area (Å²) in [5.74, 6) is 0.166. The number of phenols is 1. The summed E-state index contributed by atoms with van der Waals surface area (Å²) in [6.07, 6.45) is 3.28. The van der Waals surface area contributed by atoms with Gasteiger partial charge in [-0.05, 0) is 48.6 Å². The lowest BCUT2D eigenvalue weighted by atomic mass is 10.1. The van der Waals surface area contributed by atoms with Crippen molar-refractivity contribution >= 4 is 41.6 Å². The average Bonchev–Trinajstić information content (AvgIpc) is 2.95. The van der Waals surface area contributed by atoms with E-state index in [2.05, 4.69) is 4.99 Å². The van der Waals surface area contributed by atoms with Crippen LogP contribution in [0.2, 0.25) is 0 Å². The van der Waals surface area contributed by atoms with Crippen LogP contribution in [0.3, 0.4) is 0 Å². The van der Waals surface area contributed by atoms with Gasteiger partial charge in [0.15, 0.2) is 3.95 Å². The summed E-state index contributed by atoms with van der Waals surface area (Å²) < 4.78 is 6.99. The number of benzene rings is 2. The largest absolute Gasteiger partial charge is 0.508 e. The van der Waals surface area contributed by atoms with Gasteiger partial charge >= 0.3 is 0 Å². The molecule has 0 saturated carbocycles. The van der Waals surface area contributed by atoms with Gasteiger partial charge in [0.1, 0.15) is 11.5 Å². The molecule has 0 aliphatic carbocycles. The van der Waals surface area contributed by atoms with E-state index in [1.807, 2.05) is 6.07 Å². The lowest BCUT2D eigenvalue weighted by Gasteiger charge is -2.06. The Morgan fingerprint density at radius 3 is 2.79 bits per heavy atom. The van der Waals surface area contributed by atoms with Gasteiger partial charge in [0.05, 0.1) is 23.0 Å². The first kappa shape index (κ1) is 18.1. The number of hydrogen-bond donors (Lipinski definition) is 2. The molecule has 1 aliphatic heterocycles. The molecule has 28 heavy (non-hydrogen) atoms. The van der Waals surface area contributed by atoms with Crippen molar-refractivity contribution in [2.24, 2.45) is 4.99 Å². The smallest absolute Gasteiger partial charge is 0.277 e. The van der Waals surface area contributed by atoms with Crippen molar-refractivity contribution in [1.82, 2.24) is 4.57 Å². The van der Waals surface area contributed by atoms with Gasteiger partial charge in [-0.25, -0.2) is 4.99 Å². The summed E-state index contributed by atoms with van der Waals surface area (Å²) in [7, 11) is 1.55. The van der Waals surface area contributed by atoms with Gasteiger partial charge in [-0.1, -0.05) is 6.07 Å². The molecule has 140 valence electrons. The lowest BCUT2D eigenvalue weighted by molar-refractivity contribution is -0.114. The van der Waals surface area contributed by atoms with Gasteiger partial charge in [-0.2, -0.15) is 0 Å². The monoisotopic (exact) mass is 410 g/mol. The highest BCUT2D eigenvalue weighted by molar-refractivity contribution is 7.73. The van der Waals surface area contributed by atoms with Gasteiger partial charge in [0.25, 0.3) is 5.91 Å². The Balaban J connectivity index is 1.82. The van der Waals surface area contributed by atoms with E-state index in [0.29, 0.717) is 31.2 Å². The molecule has 4 rings (SSSR count). The lowest BCUT2D eigenvalue weighted by Crippen LogP contribution is -2.30. The molecule has 0 bridgehead atoms. The number of fused-ring (bicyclic) bond motifs is 1. The summed E-state index contributed by atoms with van der Waals surface area (Å²) in [5.41, 5.74) is 0.872. The van der Waals surface area contributed by atoms with Crippen LogP contribution in [-0.4, -0.2) is 27.8 Å². The van der Waals surface area contributed by atoms with Crippen LogP contribution in [0.1, 0.15) is 4.88 Å². The molecule has 0 atom stereocenters. The molecule has 0 unspecified atom stereocenters. The van der Waals surface area contributed by atoms with Crippen LogP contribution < -0.4 is 15.3 Å². The van der Waals surface area contributed by atoms with Crippen LogP contribution in [0.15, 0.2) is 53.0 Å². The van der Waals surface area contributed by atoms with Gasteiger partial charge < -0.3 is 14.9 Å². The summed E-state index contributed by atoms with van der Waals surface area (Å²) in [4.78, 5) is 17.0. The SMILES string of the molecule is COc1ccc2c(c1)=NC(=O)C(=Cc1sc(=S)n(-c3cccc(O)c3)c1O)C=2. The molecular weight excluding hydrogens is 396 g/mol. The predicted octanol–water partition coefficient (Wildman–Crippen LogP) is 2.71. The Hall–Kier alpha value is -3.23. The van der Waals surface area contributed by atoms with E-state index in [1.54, 1.807) is 43.5 Å². The minimum absolute atomic E-state index is 0.0616. The molecule has 8 heteroatoms. The normalized spacial score (nSPS) is 14.3. The fourth-order valence-electron chi connectivity index (χ4n) is 2.85. The number of aromatic nitrogens is 1. The van der Waals surface area contributed by atoms with Crippen molar-refractivity contribution in [3.05, 3.63) is 67.4 Å². The van der Waals surface area contributed by atoms with Gasteiger partial charge in [0.2, 0.25) is 5.88 Å². The molecule has 0 spiro atoms. The number of amides is 1. The molecule has 6 nitrogen and oxygen atoms in total. The third kappa shape index (κ3) is 3.23. The molecule has 3 aromatic rings. The first-order valence-corrected chi connectivity index (χ1v) is 9.43. The first-order chi connectivity index (χ1) is 13.5. The topological polar surface area (TPSA) is 84.0 Å². The average molecular weight is 410 g/mol. The first-order valence-electron chi connectivity index (χ1n) is 8.21. The second kappa shape index (κ2) is 7.06. The number of carbonyl (C=O) groups excluding carboxylic acids is 1. The molecule has 1 amide bonds. The van der Waals surface area contributed by atoms with Crippen LogP contribution in [0, 0.1) is 3.95 Å². The fraction of sp³-hybridized carbons (Fsp3) is 0.0500. The number of thiazole rings is 1. The highest BCUT2D eigenvalue weighted by Crippen LogP contribution is 2.32. The predicted molar refractivity (Wildman–Crippen MR) is 109 cm³/mol. The van der Waals surface area contributed by atoms with Crippen molar-refractivity contribution in [3.8, 4) is 23.1 Å². The number of methoxy groups -OCH3 is 1. The van der Waals surface area contributed by atoms with Crippen LogP contribution in [0.25, 0.3) is 17.8 Å². The molecule has 0 radical (unpaired) electrons. The highest BCUT2D eigenvalue weighted by atomic mass is 32.1. The second-order valence-corrected chi connectivity index (χ2v) is 7.67. The number of nitrogens with zero attached hydrogens (tertiary/aromatic N) is 2. The van der Waals surface area contributed by atoms with E-state index >= 15 is 0 Å². The zero-order valence-corrected chi connectivity index (χ0v) is 16.3. The van der Waals surface area contributed by atoms with Crippen molar-refractivity contribution in [2.75, 3.05) is 7.11 Å². The standard InChI is InChI=1S/C20H14N2O4S2/c1-26-15-6-5-11-7-12(18(24)21-16(11)10-15)8-17-19(25)22(20(27)28-17)13-3-2-4-14(23)9-13/h2-10,23,25H,1H3. The quantitative estimate of drug-likeness (QED) is 0.512. The molecule has 1 aromatic heterocycles. The molecule has 1 aliphatic rings. The van der Waals surface area contributed by atoms with Crippen molar-refractivity contribution in [2.45, 2.75) is 0 Å². The Kier molecular flexibility index (Phi) is 4.58. The fourth-order valence-corrected chi connectivity index (χ4v) is 4.15. The van der Waals surface area contributed by atoms with Gasteiger partial charge in [-0.3, -0.25) is 9.36 Å². The van der Waals surface area contributed by atoms with E-state index in [1.165, 1.54) is 16.7 Å². The molecule has 0 saturated heterocycles. The van der Waals surface area contributed by atoms with Crippen molar-refractivity contribution in [1.29, 1.82) is 0 Å². The molecular formula is C20H14N2O4S2. The summed E-state index contributed by atoms with van der Waals surface area (Å²) in [6, 6.07) is 11.7. The Morgan fingerprint density at radius 1 is 1.21 bits per heavy atom. The minimum atomic E-state index is -0.414. The third-order valence-electron chi connectivity index (χ3n) is 4.20. The van der Waals surface area contributed by atoms with Crippen molar-refractivity contribution < 1.29 is 19.7 Å².